The highest BCUT2D eigenvalue weighted by molar-refractivity contribution is 8.18. The lowest BCUT2D eigenvalue weighted by Gasteiger charge is -2.06. The number of nitrogens with zero attached hydrogens (tertiary/aromatic N) is 1. The third-order valence-electron chi connectivity index (χ3n) is 4.13. The van der Waals surface area contributed by atoms with Gasteiger partial charge in [0, 0.05) is 0 Å². The van der Waals surface area contributed by atoms with Crippen molar-refractivity contribution in [1.29, 1.82) is 0 Å². The molecule has 0 spiro atoms. The maximum atomic E-state index is 12.8. The summed E-state index contributed by atoms with van der Waals surface area (Å²) in [4.78, 5) is 16.8. The molecular weight excluding hydrogens is 385 g/mol. The minimum atomic E-state index is -4.44. The van der Waals surface area contributed by atoms with E-state index in [2.05, 4.69) is 10.3 Å². The Hall–Kier alpha value is -3.06. The predicted octanol–water partition coefficient (Wildman–Crippen LogP) is 5.75. The number of fused-ring (bicyclic) bond motifs is 1. The lowest BCUT2D eigenvalue weighted by Crippen LogP contribution is -2.19. The first kappa shape index (κ1) is 18.3. The van der Waals surface area contributed by atoms with E-state index in [-0.39, 0.29) is 16.8 Å². The minimum Gasteiger partial charge on any atom is -0.300 e. The van der Waals surface area contributed by atoms with Crippen molar-refractivity contribution in [2.24, 2.45) is 4.99 Å². The number of amidine groups is 1. The van der Waals surface area contributed by atoms with E-state index in [1.165, 1.54) is 12.1 Å². The van der Waals surface area contributed by atoms with Gasteiger partial charge in [-0.2, -0.15) is 13.2 Å². The van der Waals surface area contributed by atoms with Crippen LogP contribution in [0.15, 0.2) is 76.6 Å². The number of amides is 1. The fourth-order valence-corrected chi connectivity index (χ4v) is 3.64. The number of carbonyl (C=O) groups excluding carboxylic acids is 1. The molecule has 1 amide bonds. The third-order valence-corrected chi connectivity index (χ3v) is 5.04. The zero-order chi connectivity index (χ0) is 19.7. The number of hydrogen-bond acceptors (Lipinski definition) is 3. The predicted molar refractivity (Wildman–Crippen MR) is 106 cm³/mol. The van der Waals surface area contributed by atoms with Gasteiger partial charge in [-0.3, -0.25) is 4.79 Å². The molecule has 0 radical (unpaired) electrons. The molecule has 0 aromatic heterocycles. The summed E-state index contributed by atoms with van der Waals surface area (Å²) in [6.45, 7) is 0. The van der Waals surface area contributed by atoms with Crippen LogP contribution in [-0.2, 0) is 11.0 Å². The zero-order valence-corrected chi connectivity index (χ0v) is 15.1. The highest BCUT2D eigenvalue weighted by Gasteiger charge is 2.30. The van der Waals surface area contributed by atoms with Gasteiger partial charge in [0.2, 0.25) is 0 Å². The van der Waals surface area contributed by atoms with E-state index in [4.69, 9.17) is 0 Å². The van der Waals surface area contributed by atoms with Gasteiger partial charge < -0.3 is 5.32 Å². The Labute approximate surface area is 163 Å². The van der Waals surface area contributed by atoms with E-state index in [0.717, 1.165) is 40.2 Å². The Balaban J connectivity index is 1.59. The van der Waals surface area contributed by atoms with Crippen molar-refractivity contribution in [2.75, 3.05) is 0 Å². The molecular formula is C21H13F3N2OS. The molecule has 1 aliphatic rings. The summed E-state index contributed by atoms with van der Waals surface area (Å²) in [5.74, 6) is -0.330. The first-order valence-electron chi connectivity index (χ1n) is 8.34. The molecule has 4 rings (SSSR count). The summed E-state index contributed by atoms with van der Waals surface area (Å²) in [5, 5.41) is 4.99. The van der Waals surface area contributed by atoms with Crippen molar-refractivity contribution in [3.05, 3.63) is 82.8 Å². The van der Waals surface area contributed by atoms with Crippen LogP contribution in [0.3, 0.4) is 0 Å². The molecule has 140 valence electrons. The number of nitrogens with one attached hydrogen (secondary N) is 1. The van der Waals surface area contributed by atoms with Gasteiger partial charge in [-0.05, 0) is 58.4 Å². The highest BCUT2D eigenvalue weighted by Crippen LogP contribution is 2.33. The third kappa shape index (κ3) is 3.94. The number of hydrogen-bond donors (Lipinski definition) is 1. The molecule has 0 atom stereocenters. The summed E-state index contributed by atoms with van der Waals surface area (Å²) in [6, 6.07) is 18.4. The molecule has 0 aliphatic carbocycles. The highest BCUT2D eigenvalue weighted by atomic mass is 32.2. The molecule has 1 aliphatic heterocycles. The number of rotatable bonds is 2. The lowest BCUT2D eigenvalue weighted by atomic mass is 10.1. The maximum absolute atomic E-state index is 12.8. The quantitative estimate of drug-likeness (QED) is 0.559. The zero-order valence-electron chi connectivity index (χ0n) is 14.3. The largest absolute Gasteiger partial charge is 0.416 e. The molecule has 7 heteroatoms. The molecule has 3 aromatic carbocycles. The summed E-state index contributed by atoms with van der Waals surface area (Å²) < 4.78 is 38.5. The van der Waals surface area contributed by atoms with Crippen LogP contribution in [0.25, 0.3) is 16.8 Å². The molecule has 3 aromatic rings. The van der Waals surface area contributed by atoms with Gasteiger partial charge >= 0.3 is 6.18 Å². The van der Waals surface area contributed by atoms with Gasteiger partial charge in [0.1, 0.15) is 0 Å². The average Bonchev–Trinajstić information content (AvgIpc) is 3.00. The molecule has 1 saturated heterocycles. The van der Waals surface area contributed by atoms with Gasteiger partial charge in [-0.15, -0.1) is 0 Å². The number of halogens is 3. The number of thioether (sulfide) groups is 1. The first-order valence-corrected chi connectivity index (χ1v) is 9.16. The van der Waals surface area contributed by atoms with Gasteiger partial charge in [-0.25, -0.2) is 4.99 Å². The van der Waals surface area contributed by atoms with E-state index >= 15 is 0 Å². The Morgan fingerprint density at radius 2 is 1.71 bits per heavy atom. The summed E-state index contributed by atoms with van der Waals surface area (Å²) in [7, 11) is 0. The van der Waals surface area contributed by atoms with Gasteiger partial charge in [0.25, 0.3) is 5.91 Å². The van der Waals surface area contributed by atoms with Crippen LogP contribution in [0, 0.1) is 0 Å². The fourth-order valence-electron chi connectivity index (χ4n) is 2.80. The van der Waals surface area contributed by atoms with E-state index in [1.54, 1.807) is 6.08 Å². The Bertz CT molecular complexity index is 1140. The van der Waals surface area contributed by atoms with E-state index in [1.807, 2.05) is 42.5 Å². The average molecular weight is 398 g/mol. The molecule has 0 unspecified atom stereocenters. The van der Waals surface area contributed by atoms with Crippen molar-refractivity contribution in [3.8, 4) is 0 Å². The second kappa shape index (κ2) is 7.16. The second-order valence-corrected chi connectivity index (χ2v) is 7.17. The van der Waals surface area contributed by atoms with Gasteiger partial charge in [-0.1, -0.05) is 42.5 Å². The van der Waals surface area contributed by atoms with Gasteiger partial charge in [0.15, 0.2) is 5.17 Å². The number of benzene rings is 3. The Morgan fingerprint density at radius 3 is 2.50 bits per heavy atom. The van der Waals surface area contributed by atoms with Crippen LogP contribution in [0.4, 0.5) is 18.9 Å². The molecule has 1 N–H and O–H groups in total. The van der Waals surface area contributed by atoms with Crippen molar-refractivity contribution >= 4 is 45.4 Å². The van der Waals surface area contributed by atoms with Gasteiger partial charge in [0.05, 0.1) is 16.2 Å². The normalized spacial score (nSPS) is 17.5. The van der Waals surface area contributed by atoms with Crippen molar-refractivity contribution in [1.82, 2.24) is 5.32 Å². The van der Waals surface area contributed by atoms with Crippen LogP contribution >= 0.6 is 11.8 Å². The molecule has 1 fully saturated rings. The van der Waals surface area contributed by atoms with Crippen LogP contribution in [0.5, 0.6) is 0 Å². The summed E-state index contributed by atoms with van der Waals surface area (Å²) >= 11 is 1.10. The van der Waals surface area contributed by atoms with E-state index in [0.29, 0.717) is 4.91 Å². The first-order chi connectivity index (χ1) is 13.4. The number of carbonyl (C=O) groups is 1. The van der Waals surface area contributed by atoms with Crippen molar-refractivity contribution in [3.63, 3.8) is 0 Å². The van der Waals surface area contributed by atoms with Crippen molar-refractivity contribution in [2.45, 2.75) is 6.18 Å². The summed E-state index contributed by atoms with van der Waals surface area (Å²) in [6.07, 6.45) is -2.70. The topological polar surface area (TPSA) is 41.5 Å². The standard InChI is InChI=1S/C21H13F3N2OS/c22-21(23,24)16-6-3-7-17(12-16)25-20-26-19(27)18(28-20)11-13-8-9-14-4-1-2-5-15(14)10-13/h1-12H,(H,25,26,27)/b18-11+. The van der Waals surface area contributed by atoms with Crippen LogP contribution < -0.4 is 5.32 Å². The maximum Gasteiger partial charge on any atom is 0.416 e. The van der Waals surface area contributed by atoms with E-state index in [9.17, 15) is 18.0 Å². The Kier molecular flexibility index (Phi) is 4.68. The van der Waals surface area contributed by atoms with E-state index < -0.39 is 11.7 Å². The van der Waals surface area contributed by atoms with Crippen LogP contribution in [-0.4, -0.2) is 11.1 Å². The number of alkyl halides is 3. The fraction of sp³-hybridized carbons (Fsp3) is 0.0476. The molecule has 28 heavy (non-hydrogen) atoms. The molecule has 1 heterocycles. The summed E-state index contributed by atoms with van der Waals surface area (Å²) in [5.41, 5.74) is 0.205. The lowest BCUT2D eigenvalue weighted by molar-refractivity contribution is -0.137. The van der Waals surface area contributed by atoms with Crippen LogP contribution in [0.1, 0.15) is 11.1 Å². The SMILES string of the molecule is O=C1NC(=Nc2cccc(C(F)(F)F)c2)S/C1=C/c1ccc2ccccc2c1. The number of aliphatic imine (C=N–C) groups is 1. The Morgan fingerprint density at radius 1 is 0.929 bits per heavy atom. The second-order valence-electron chi connectivity index (χ2n) is 6.14. The van der Waals surface area contributed by atoms with Crippen LogP contribution in [0.2, 0.25) is 0 Å². The molecule has 0 saturated carbocycles. The monoisotopic (exact) mass is 398 g/mol. The minimum absolute atomic E-state index is 0.129. The molecule has 0 bridgehead atoms. The smallest absolute Gasteiger partial charge is 0.300 e. The molecule has 3 nitrogen and oxygen atoms in total. The van der Waals surface area contributed by atoms with Crippen molar-refractivity contribution < 1.29 is 18.0 Å².